The number of amides is 1. The Hall–Kier alpha value is -1.27. The van der Waals surface area contributed by atoms with E-state index in [-0.39, 0.29) is 11.9 Å². The van der Waals surface area contributed by atoms with Crippen LogP contribution in [0.1, 0.15) is 29.4 Å². The van der Waals surface area contributed by atoms with Crippen molar-refractivity contribution < 1.29 is 4.79 Å². The maximum atomic E-state index is 12.0. The van der Waals surface area contributed by atoms with Crippen LogP contribution in [0.15, 0.2) is 12.1 Å². The third kappa shape index (κ3) is 4.54. The molecule has 0 spiro atoms. The molecule has 0 aliphatic carbocycles. The van der Waals surface area contributed by atoms with Gasteiger partial charge in [0.2, 0.25) is 0 Å². The monoisotopic (exact) mass is 268 g/mol. The maximum absolute atomic E-state index is 12.0. The molecule has 100 valence electrons. The molecule has 0 saturated heterocycles. The number of anilines is 1. The van der Waals surface area contributed by atoms with E-state index < -0.39 is 0 Å². The first kappa shape index (κ1) is 14.8. The third-order valence-corrected chi connectivity index (χ3v) is 3.14. The number of aryl methyl sites for hydroxylation is 1. The lowest BCUT2D eigenvalue weighted by Gasteiger charge is -2.14. The van der Waals surface area contributed by atoms with Crippen molar-refractivity contribution in [2.45, 2.75) is 26.3 Å². The van der Waals surface area contributed by atoms with Gasteiger partial charge in [-0.25, -0.2) is 10.8 Å². The quantitative estimate of drug-likeness (QED) is 0.539. The lowest BCUT2D eigenvalue weighted by Crippen LogP contribution is -2.33. The number of nitrogen functional groups attached to an aromatic ring is 1. The predicted molar refractivity (Wildman–Crippen MR) is 76.7 cm³/mol. The highest BCUT2D eigenvalue weighted by atomic mass is 32.2. The van der Waals surface area contributed by atoms with E-state index in [1.165, 1.54) is 0 Å². The summed E-state index contributed by atoms with van der Waals surface area (Å²) in [5.41, 5.74) is 3.79. The molecule has 0 aliphatic rings. The van der Waals surface area contributed by atoms with Crippen molar-refractivity contribution in [1.82, 2.24) is 10.3 Å². The standard InChI is InChI=1S/C12H20N4OS/c1-8(4-5-18-3)15-12(17)10-6-9(2)14-11(7-10)16-13/h6-8H,4-5,13H2,1-3H3,(H,14,16)(H,15,17). The van der Waals surface area contributed by atoms with Crippen LogP contribution in [-0.2, 0) is 0 Å². The summed E-state index contributed by atoms with van der Waals surface area (Å²) >= 11 is 1.77. The number of hydrogen-bond acceptors (Lipinski definition) is 5. The average molecular weight is 268 g/mol. The van der Waals surface area contributed by atoms with Crippen molar-refractivity contribution in [2.75, 3.05) is 17.4 Å². The van der Waals surface area contributed by atoms with Gasteiger partial charge in [0.05, 0.1) is 0 Å². The minimum absolute atomic E-state index is 0.0920. The van der Waals surface area contributed by atoms with Gasteiger partial charge in [-0.2, -0.15) is 11.8 Å². The second-order valence-electron chi connectivity index (χ2n) is 4.18. The highest BCUT2D eigenvalue weighted by Gasteiger charge is 2.11. The first-order valence-corrected chi connectivity index (χ1v) is 7.21. The fourth-order valence-electron chi connectivity index (χ4n) is 1.55. The van der Waals surface area contributed by atoms with Crippen molar-refractivity contribution >= 4 is 23.5 Å². The summed E-state index contributed by atoms with van der Waals surface area (Å²) in [7, 11) is 0. The number of carbonyl (C=O) groups excluding carboxylic acids is 1. The SMILES string of the molecule is CSCCC(C)NC(=O)c1cc(C)nc(NN)c1. The number of aromatic nitrogens is 1. The molecular formula is C12H20N4OS. The highest BCUT2D eigenvalue weighted by molar-refractivity contribution is 7.98. The van der Waals surface area contributed by atoms with E-state index in [1.807, 2.05) is 13.8 Å². The van der Waals surface area contributed by atoms with Crippen molar-refractivity contribution in [3.05, 3.63) is 23.4 Å². The minimum atomic E-state index is -0.0920. The molecule has 0 aromatic carbocycles. The molecule has 0 saturated carbocycles. The summed E-state index contributed by atoms with van der Waals surface area (Å²) in [6.07, 6.45) is 3.01. The Labute approximate surface area is 112 Å². The fourth-order valence-corrected chi connectivity index (χ4v) is 2.14. The Bertz CT molecular complexity index is 411. The Kier molecular flexibility index (Phi) is 5.94. The molecule has 1 aromatic rings. The topological polar surface area (TPSA) is 80.0 Å². The van der Waals surface area contributed by atoms with Crippen LogP contribution in [0.4, 0.5) is 5.82 Å². The molecule has 1 unspecified atom stereocenters. The average Bonchev–Trinajstić information content (AvgIpc) is 2.35. The molecule has 1 heterocycles. The van der Waals surface area contributed by atoms with Gasteiger partial charge in [0.1, 0.15) is 5.82 Å². The number of pyridine rings is 1. The smallest absolute Gasteiger partial charge is 0.251 e. The van der Waals surface area contributed by atoms with E-state index in [9.17, 15) is 4.79 Å². The summed E-state index contributed by atoms with van der Waals surface area (Å²) in [5, 5.41) is 2.96. The van der Waals surface area contributed by atoms with Crippen molar-refractivity contribution in [3.8, 4) is 0 Å². The van der Waals surface area contributed by atoms with Gasteiger partial charge in [-0.15, -0.1) is 0 Å². The number of hydrogen-bond donors (Lipinski definition) is 3. The van der Waals surface area contributed by atoms with Crippen LogP contribution in [0.2, 0.25) is 0 Å². The van der Waals surface area contributed by atoms with Gasteiger partial charge in [0, 0.05) is 17.3 Å². The lowest BCUT2D eigenvalue weighted by atomic mass is 10.2. The predicted octanol–water partition coefficient (Wildman–Crippen LogP) is 1.55. The van der Waals surface area contributed by atoms with Crippen LogP contribution in [-0.4, -0.2) is 28.9 Å². The molecule has 0 aliphatic heterocycles. The van der Waals surface area contributed by atoms with Crippen LogP contribution in [0.25, 0.3) is 0 Å². The van der Waals surface area contributed by atoms with E-state index in [0.29, 0.717) is 11.4 Å². The molecule has 0 bridgehead atoms. The Morgan fingerprint density at radius 1 is 1.56 bits per heavy atom. The first-order chi connectivity index (χ1) is 8.56. The van der Waals surface area contributed by atoms with Crippen LogP contribution >= 0.6 is 11.8 Å². The van der Waals surface area contributed by atoms with Gasteiger partial charge < -0.3 is 10.7 Å². The molecule has 1 atom stereocenters. The first-order valence-electron chi connectivity index (χ1n) is 5.82. The summed E-state index contributed by atoms with van der Waals surface area (Å²) in [6.45, 7) is 3.83. The zero-order chi connectivity index (χ0) is 13.5. The van der Waals surface area contributed by atoms with Crippen LogP contribution < -0.4 is 16.6 Å². The Balaban J connectivity index is 2.68. The number of nitrogens with two attached hydrogens (primary N) is 1. The van der Waals surface area contributed by atoms with Gasteiger partial charge in [0.25, 0.3) is 5.91 Å². The fraction of sp³-hybridized carbons (Fsp3) is 0.500. The molecule has 1 amide bonds. The van der Waals surface area contributed by atoms with Crippen molar-refractivity contribution in [3.63, 3.8) is 0 Å². The van der Waals surface area contributed by atoms with Gasteiger partial charge in [-0.1, -0.05) is 0 Å². The van der Waals surface area contributed by atoms with Gasteiger partial charge in [-0.3, -0.25) is 4.79 Å². The zero-order valence-corrected chi connectivity index (χ0v) is 11.8. The summed E-state index contributed by atoms with van der Waals surface area (Å²) in [4.78, 5) is 16.2. The molecule has 1 rings (SSSR count). The van der Waals surface area contributed by atoms with Gasteiger partial charge >= 0.3 is 0 Å². The third-order valence-electron chi connectivity index (χ3n) is 2.50. The molecule has 5 nitrogen and oxygen atoms in total. The summed E-state index contributed by atoms with van der Waals surface area (Å²) in [6, 6.07) is 3.55. The number of hydrazine groups is 1. The molecule has 18 heavy (non-hydrogen) atoms. The second-order valence-corrected chi connectivity index (χ2v) is 5.17. The number of rotatable bonds is 6. The van der Waals surface area contributed by atoms with Crippen molar-refractivity contribution in [2.24, 2.45) is 5.84 Å². The summed E-state index contributed by atoms with van der Waals surface area (Å²) < 4.78 is 0. The number of thioether (sulfide) groups is 1. The lowest BCUT2D eigenvalue weighted by molar-refractivity contribution is 0.0939. The largest absolute Gasteiger partial charge is 0.350 e. The molecule has 0 radical (unpaired) electrons. The van der Waals surface area contributed by atoms with Crippen LogP contribution in [0, 0.1) is 6.92 Å². The Morgan fingerprint density at radius 3 is 2.89 bits per heavy atom. The number of nitrogens with zero attached hydrogens (tertiary/aromatic N) is 1. The Morgan fingerprint density at radius 2 is 2.28 bits per heavy atom. The number of carbonyl (C=O) groups is 1. The molecule has 0 fully saturated rings. The summed E-state index contributed by atoms with van der Waals surface area (Å²) in [5.74, 6) is 6.75. The van der Waals surface area contributed by atoms with E-state index >= 15 is 0 Å². The van der Waals surface area contributed by atoms with Gasteiger partial charge in [0.15, 0.2) is 0 Å². The van der Waals surface area contributed by atoms with E-state index in [1.54, 1.807) is 23.9 Å². The van der Waals surface area contributed by atoms with E-state index in [4.69, 9.17) is 5.84 Å². The molecular weight excluding hydrogens is 248 g/mol. The van der Waals surface area contributed by atoms with Crippen LogP contribution in [0.5, 0.6) is 0 Å². The van der Waals surface area contributed by atoms with Crippen molar-refractivity contribution in [1.29, 1.82) is 0 Å². The number of nitrogens with one attached hydrogen (secondary N) is 2. The minimum Gasteiger partial charge on any atom is -0.350 e. The van der Waals surface area contributed by atoms with Crippen LogP contribution in [0.3, 0.4) is 0 Å². The molecule has 6 heteroatoms. The second kappa shape index (κ2) is 7.23. The molecule has 4 N–H and O–H groups in total. The highest BCUT2D eigenvalue weighted by Crippen LogP contribution is 2.10. The zero-order valence-electron chi connectivity index (χ0n) is 11.0. The molecule has 1 aromatic heterocycles. The maximum Gasteiger partial charge on any atom is 0.251 e. The van der Waals surface area contributed by atoms with E-state index in [0.717, 1.165) is 17.9 Å². The van der Waals surface area contributed by atoms with E-state index in [2.05, 4.69) is 22.0 Å². The normalized spacial score (nSPS) is 12.0. The van der Waals surface area contributed by atoms with Gasteiger partial charge in [-0.05, 0) is 44.4 Å².